The van der Waals surface area contributed by atoms with Crippen molar-refractivity contribution >= 4 is 12.0 Å². The number of amides is 2. The van der Waals surface area contributed by atoms with Gasteiger partial charge in [0, 0.05) is 18.7 Å². The summed E-state index contributed by atoms with van der Waals surface area (Å²) in [6, 6.07) is 9.09. The zero-order valence-corrected chi connectivity index (χ0v) is 16.4. The minimum Gasteiger partial charge on any atom is -0.444 e. The lowest BCUT2D eigenvalue weighted by Crippen LogP contribution is -2.43. The van der Waals surface area contributed by atoms with E-state index >= 15 is 0 Å². The van der Waals surface area contributed by atoms with E-state index in [0.717, 1.165) is 5.56 Å². The van der Waals surface area contributed by atoms with Crippen molar-refractivity contribution in [3.8, 4) is 0 Å². The molecule has 0 fully saturated rings. The molecule has 1 aromatic carbocycles. The van der Waals surface area contributed by atoms with Crippen molar-refractivity contribution in [3.05, 3.63) is 48.0 Å². The lowest BCUT2D eigenvalue weighted by Gasteiger charge is -2.32. The van der Waals surface area contributed by atoms with Gasteiger partial charge in [0.2, 0.25) is 0 Å². The number of alkyl carbamates (subject to hydrolysis) is 1. The van der Waals surface area contributed by atoms with Crippen LogP contribution in [0.15, 0.2) is 42.5 Å². The van der Waals surface area contributed by atoms with Crippen LogP contribution in [0.2, 0.25) is 0 Å². The number of hydrogen-bond acceptors (Lipinski definition) is 4. The van der Waals surface area contributed by atoms with Gasteiger partial charge in [-0.05, 0) is 40.2 Å². The largest absolute Gasteiger partial charge is 0.444 e. The summed E-state index contributed by atoms with van der Waals surface area (Å²) in [7, 11) is 0. The Morgan fingerprint density at radius 2 is 1.85 bits per heavy atom. The molecule has 0 spiro atoms. The molecule has 6 nitrogen and oxygen atoms in total. The number of carbonyl (C=O) groups is 2. The fourth-order valence-electron chi connectivity index (χ4n) is 2.30. The van der Waals surface area contributed by atoms with Crippen LogP contribution in [0.5, 0.6) is 0 Å². The van der Waals surface area contributed by atoms with Gasteiger partial charge in [-0.3, -0.25) is 4.79 Å². The van der Waals surface area contributed by atoms with Crippen molar-refractivity contribution in [2.75, 3.05) is 19.9 Å². The van der Waals surface area contributed by atoms with E-state index in [2.05, 4.69) is 11.9 Å². The average molecular weight is 362 g/mol. The summed E-state index contributed by atoms with van der Waals surface area (Å²) in [5, 5.41) is 2.75. The van der Waals surface area contributed by atoms with Crippen molar-refractivity contribution in [1.29, 1.82) is 0 Å². The van der Waals surface area contributed by atoms with Crippen LogP contribution in [0.1, 0.15) is 46.2 Å². The monoisotopic (exact) mass is 362 g/mol. The molecule has 1 aromatic rings. The summed E-state index contributed by atoms with van der Waals surface area (Å²) in [5.41, 5.74) is 0.700. The third kappa shape index (κ3) is 7.27. The predicted octanol–water partition coefficient (Wildman–Crippen LogP) is 3.65. The third-order valence-corrected chi connectivity index (χ3v) is 3.46. The summed E-state index contributed by atoms with van der Waals surface area (Å²) in [6.45, 7) is 13.4. The fourth-order valence-corrected chi connectivity index (χ4v) is 2.30. The second kappa shape index (κ2) is 9.97. The van der Waals surface area contributed by atoms with E-state index < -0.39 is 17.7 Å². The van der Waals surface area contributed by atoms with E-state index in [1.165, 1.54) is 0 Å². The predicted molar refractivity (Wildman–Crippen MR) is 102 cm³/mol. The van der Waals surface area contributed by atoms with E-state index in [-0.39, 0.29) is 19.2 Å². The molecule has 2 amide bonds. The molecule has 0 saturated carbocycles. The highest BCUT2D eigenvalue weighted by Gasteiger charge is 2.27. The number of nitrogens with one attached hydrogen (secondary N) is 1. The minimum atomic E-state index is -0.592. The van der Waals surface area contributed by atoms with E-state index in [4.69, 9.17) is 9.47 Å². The zero-order chi connectivity index (χ0) is 19.7. The first-order chi connectivity index (χ1) is 12.2. The first kappa shape index (κ1) is 21.7. The van der Waals surface area contributed by atoms with Crippen molar-refractivity contribution in [2.45, 2.75) is 46.3 Å². The van der Waals surface area contributed by atoms with Crippen LogP contribution in [-0.2, 0) is 14.3 Å². The fraction of sp³-hybridized carbons (Fsp3) is 0.500. The molecule has 0 radical (unpaired) electrons. The second-order valence-corrected chi connectivity index (χ2v) is 6.99. The maximum Gasteiger partial charge on any atom is 0.407 e. The van der Waals surface area contributed by atoms with Crippen LogP contribution in [0, 0.1) is 0 Å². The number of benzene rings is 1. The quantitative estimate of drug-likeness (QED) is 0.566. The molecule has 1 N–H and O–H groups in total. The summed E-state index contributed by atoms with van der Waals surface area (Å²) < 4.78 is 10.8. The lowest BCUT2D eigenvalue weighted by atomic mass is 10.0. The standard InChI is InChI=1S/C20H30N2O4/c1-7-25-14-22(18(23)15(2)3)17(16-11-9-8-10-12-16)13-21-19(24)26-20(4,5)6/h8-12,17H,2,7,13-14H2,1,3-6H3,(H,21,24). The van der Waals surface area contributed by atoms with E-state index in [9.17, 15) is 9.59 Å². The lowest BCUT2D eigenvalue weighted by molar-refractivity contribution is -0.136. The summed E-state index contributed by atoms with van der Waals surface area (Å²) in [6.07, 6.45) is -0.530. The highest BCUT2D eigenvalue weighted by molar-refractivity contribution is 5.92. The highest BCUT2D eigenvalue weighted by Crippen LogP contribution is 2.22. The van der Waals surface area contributed by atoms with Crippen molar-refractivity contribution in [3.63, 3.8) is 0 Å². The Bertz CT molecular complexity index is 608. The molecule has 144 valence electrons. The Morgan fingerprint density at radius 1 is 1.23 bits per heavy atom. The number of rotatable bonds is 8. The molecular weight excluding hydrogens is 332 g/mol. The van der Waals surface area contributed by atoms with Gasteiger partial charge in [0.05, 0.1) is 6.04 Å². The van der Waals surface area contributed by atoms with Crippen molar-refractivity contribution in [2.24, 2.45) is 0 Å². The van der Waals surface area contributed by atoms with Gasteiger partial charge in [0.1, 0.15) is 12.3 Å². The Morgan fingerprint density at radius 3 is 2.35 bits per heavy atom. The Kier molecular flexibility index (Phi) is 8.32. The number of nitrogens with zero attached hydrogens (tertiary/aromatic N) is 1. The zero-order valence-electron chi connectivity index (χ0n) is 16.4. The van der Waals surface area contributed by atoms with Gasteiger partial charge in [-0.15, -0.1) is 0 Å². The van der Waals surface area contributed by atoms with E-state index in [1.807, 2.05) is 37.3 Å². The molecule has 0 aromatic heterocycles. The maximum absolute atomic E-state index is 12.6. The van der Waals surface area contributed by atoms with Crippen LogP contribution in [0.25, 0.3) is 0 Å². The smallest absolute Gasteiger partial charge is 0.407 e. The third-order valence-electron chi connectivity index (χ3n) is 3.46. The minimum absolute atomic E-state index is 0.109. The first-order valence-electron chi connectivity index (χ1n) is 8.71. The van der Waals surface area contributed by atoms with Gasteiger partial charge in [-0.25, -0.2) is 4.79 Å². The van der Waals surface area contributed by atoms with E-state index in [0.29, 0.717) is 12.2 Å². The summed E-state index contributed by atoms with van der Waals surface area (Å²) in [4.78, 5) is 26.3. The normalized spacial score (nSPS) is 12.2. The molecule has 1 unspecified atom stereocenters. The molecule has 6 heteroatoms. The van der Waals surface area contributed by atoms with Gasteiger partial charge >= 0.3 is 6.09 Å². The van der Waals surface area contributed by atoms with Gasteiger partial charge in [0.15, 0.2) is 0 Å². The van der Waals surface area contributed by atoms with Crippen molar-refractivity contribution in [1.82, 2.24) is 10.2 Å². The molecule has 0 bridgehead atoms. The molecular formula is C20H30N2O4. The van der Waals surface area contributed by atoms with Gasteiger partial charge < -0.3 is 19.7 Å². The van der Waals surface area contributed by atoms with E-state index in [1.54, 1.807) is 32.6 Å². The van der Waals surface area contributed by atoms with Crippen LogP contribution in [-0.4, -0.2) is 42.4 Å². The van der Waals surface area contributed by atoms with Gasteiger partial charge in [-0.1, -0.05) is 36.9 Å². The van der Waals surface area contributed by atoms with Gasteiger partial charge in [0.25, 0.3) is 5.91 Å². The van der Waals surface area contributed by atoms with Crippen LogP contribution in [0.3, 0.4) is 0 Å². The summed E-state index contributed by atoms with van der Waals surface area (Å²) >= 11 is 0. The average Bonchev–Trinajstić information content (AvgIpc) is 2.56. The number of ether oxygens (including phenoxy) is 2. The Labute approximate surface area is 156 Å². The van der Waals surface area contributed by atoms with Crippen molar-refractivity contribution < 1.29 is 19.1 Å². The van der Waals surface area contributed by atoms with Crippen LogP contribution >= 0.6 is 0 Å². The molecule has 1 rings (SSSR count). The Hall–Kier alpha value is -2.34. The molecule has 1 atom stereocenters. The molecule has 0 aliphatic carbocycles. The summed E-state index contributed by atoms with van der Waals surface area (Å²) in [5.74, 6) is -0.224. The van der Waals surface area contributed by atoms with Crippen LogP contribution in [0.4, 0.5) is 4.79 Å². The molecule has 0 aliphatic rings. The number of carbonyl (C=O) groups excluding carboxylic acids is 2. The topological polar surface area (TPSA) is 67.9 Å². The second-order valence-electron chi connectivity index (χ2n) is 6.99. The van der Waals surface area contributed by atoms with Crippen LogP contribution < -0.4 is 5.32 Å². The molecule has 0 saturated heterocycles. The first-order valence-corrected chi connectivity index (χ1v) is 8.71. The van der Waals surface area contributed by atoms with Gasteiger partial charge in [-0.2, -0.15) is 0 Å². The molecule has 0 aliphatic heterocycles. The highest BCUT2D eigenvalue weighted by atomic mass is 16.6. The SMILES string of the molecule is C=C(C)C(=O)N(COCC)C(CNC(=O)OC(C)(C)C)c1ccccc1. The molecule has 0 heterocycles. The Balaban J connectivity index is 3.04. The maximum atomic E-state index is 12.6. The number of hydrogen-bond donors (Lipinski definition) is 1. The molecule has 26 heavy (non-hydrogen) atoms.